The Morgan fingerprint density at radius 1 is 1.11 bits per heavy atom. The lowest BCUT2D eigenvalue weighted by Gasteiger charge is -2.27. The molecule has 0 aliphatic carbocycles. The Labute approximate surface area is 164 Å². The van der Waals surface area contributed by atoms with Crippen LogP contribution in [0.1, 0.15) is 12.0 Å². The van der Waals surface area contributed by atoms with E-state index in [0.717, 1.165) is 18.9 Å². The van der Waals surface area contributed by atoms with Gasteiger partial charge in [-0.2, -0.15) is 4.31 Å². The third-order valence-electron chi connectivity index (χ3n) is 4.56. The van der Waals surface area contributed by atoms with Gasteiger partial charge in [-0.15, -0.1) is 0 Å². The summed E-state index contributed by atoms with van der Waals surface area (Å²) in [5, 5.41) is 14.3. The number of ether oxygens (including phenoxy) is 1. The number of nitro benzene ring substituents is 1. The van der Waals surface area contributed by atoms with Crippen LogP contribution in [0.4, 0.5) is 11.4 Å². The molecule has 1 aliphatic heterocycles. The molecule has 0 radical (unpaired) electrons. The summed E-state index contributed by atoms with van der Waals surface area (Å²) >= 11 is 0. The first-order valence-electron chi connectivity index (χ1n) is 9.12. The summed E-state index contributed by atoms with van der Waals surface area (Å²) in [5.74, 6) is 0. The van der Waals surface area contributed by atoms with Crippen LogP contribution in [0.25, 0.3) is 0 Å². The van der Waals surface area contributed by atoms with E-state index in [1.807, 2.05) is 30.3 Å². The number of benzene rings is 2. The predicted octanol–water partition coefficient (Wildman–Crippen LogP) is 2.66. The molecule has 0 spiro atoms. The van der Waals surface area contributed by atoms with E-state index in [-0.39, 0.29) is 23.7 Å². The fourth-order valence-electron chi connectivity index (χ4n) is 3.07. The smallest absolute Gasteiger partial charge is 0.270 e. The van der Waals surface area contributed by atoms with Gasteiger partial charge in [0.2, 0.25) is 10.0 Å². The lowest BCUT2D eigenvalue weighted by atomic mass is 10.1. The van der Waals surface area contributed by atoms with E-state index in [2.05, 4.69) is 5.32 Å². The largest absolute Gasteiger partial charge is 0.384 e. The second-order valence-corrected chi connectivity index (χ2v) is 8.38. The Bertz CT molecular complexity index is 912. The summed E-state index contributed by atoms with van der Waals surface area (Å²) in [6.07, 6.45) is 1.66. The molecule has 1 heterocycles. The summed E-state index contributed by atoms with van der Waals surface area (Å²) in [7, 11) is -3.85. The fraction of sp³-hybridized carbons (Fsp3) is 0.368. The van der Waals surface area contributed by atoms with E-state index in [4.69, 9.17) is 4.74 Å². The Balaban J connectivity index is 1.77. The Hall–Kier alpha value is -2.49. The molecule has 0 saturated carbocycles. The fourth-order valence-corrected chi connectivity index (χ4v) is 4.67. The molecule has 2 aromatic carbocycles. The maximum absolute atomic E-state index is 13.0. The number of anilines is 1. The third-order valence-corrected chi connectivity index (χ3v) is 6.50. The molecule has 0 amide bonds. The van der Waals surface area contributed by atoms with Crippen molar-refractivity contribution in [2.45, 2.75) is 17.7 Å². The number of sulfonamides is 1. The van der Waals surface area contributed by atoms with Gasteiger partial charge in [0, 0.05) is 31.8 Å². The van der Waals surface area contributed by atoms with Crippen LogP contribution >= 0.6 is 0 Å². The number of nitro groups is 1. The number of aryl methyl sites for hydroxylation is 1. The highest BCUT2D eigenvalue weighted by molar-refractivity contribution is 7.89. The van der Waals surface area contributed by atoms with Gasteiger partial charge in [0.1, 0.15) is 4.90 Å². The molecular formula is C19H23N3O5S. The van der Waals surface area contributed by atoms with Crippen LogP contribution in [-0.2, 0) is 21.2 Å². The van der Waals surface area contributed by atoms with E-state index in [0.29, 0.717) is 25.4 Å². The minimum atomic E-state index is -3.85. The first kappa shape index (κ1) is 20.2. The summed E-state index contributed by atoms with van der Waals surface area (Å²) in [6, 6.07) is 13.9. The molecule has 1 fully saturated rings. The van der Waals surface area contributed by atoms with Crippen molar-refractivity contribution in [2.75, 3.05) is 38.2 Å². The van der Waals surface area contributed by atoms with Crippen LogP contribution in [0.3, 0.4) is 0 Å². The molecule has 8 nitrogen and oxygen atoms in total. The van der Waals surface area contributed by atoms with E-state index in [1.165, 1.54) is 22.0 Å². The van der Waals surface area contributed by atoms with Gasteiger partial charge in [0.15, 0.2) is 0 Å². The van der Waals surface area contributed by atoms with E-state index in [9.17, 15) is 18.5 Å². The number of non-ortho nitro benzene ring substituents is 1. The number of hydrogen-bond donors (Lipinski definition) is 1. The van der Waals surface area contributed by atoms with Crippen LogP contribution in [0.2, 0.25) is 0 Å². The zero-order valence-electron chi connectivity index (χ0n) is 15.4. The Morgan fingerprint density at radius 3 is 2.50 bits per heavy atom. The van der Waals surface area contributed by atoms with Gasteiger partial charge < -0.3 is 10.1 Å². The molecule has 1 N–H and O–H groups in total. The lowest BCUT2D eigenvalue weighted by Crippen LogP contribution is -2.40. The summed E-state index contributed by atoms with van der Waals surface area (Å²) in [6.45, 7) is 1.65. The maximum Gasteiger partial charge on any atom is 0.270 e. The summed E-state index contributed by atoms with van der Waals surface area (Å²) in [5.41, 5.74) is 1.33. The van der Waals surface area contributed by atoms with Crippen molar-refractivity contribution in [3.05, 3.63) is 64.2 Å². The highest BCUT2D eigenvalue weighted by Gasteiger charge is 2.30. The summed E-state index contributed by atoms with van der Waals surface area (Å²) in [4.78, 5) is 10.5. The molecule has 150 valence electrons. The maximum atomic E-state index is 13.0. The van der Waals surface area contributed by atoms with Crippen molar-refractivity contribution < 1.29 is 18.1 Å². The quantitative estimate of drug-likeness (QED) is 0.412. The molecule has 0 atom stereocenters. The average Bonchev–Trinajstić information content (AvgIpc) is 2.72. The predicted molar refractivity (Wildman–Crippen MR) is 106 cm³/mol. The number of hydrogen-bond acceptors (Lipinski definition) is 6. The van der Waals surface area contributed by atoms with Crippen LogP contribution in [0, 0.1) is 10.1 Å². The van der Waals surface area contributed by atoms with Crippen molar-refractivity contribution in [1.82, 2.24) is 4.31 Å². The van der Waals surface area contributed by atoms with E-state index >= 15 is 0 Å². The SMILES string of the molecule is O=[N+]([O-])c1ccc(NCCCc2ccccc2)c(S(=O)(=O)N2CCOCC2)c1. The van der Waals surface area contributed by atoms with Crippen LogP contribution in [0.15, 0.2) is 53.4 Å². The molecule has 1 aliphatic rings. The van der Waals surface area contributed by atoms with Gasteiger partial charge in [0.05, 0.1) is 23.8 Å². The number of morpholine rings is 1. The third kappa shape index (κ3) is 4.86. The van der Waals surface area contributed by atoms with Gasteiger partial charge in [-0.05, 0) is 24.5 Å². The summed E-state index contributed by atoms with van der Waals surface area (Å²) < 4.78 is 32.6. The number of nitrogens with one attached hydrogen (secondary N) is 1. The second-order valence-electron chi connectivity index (χ2n) is 6.47. The highest BCUT2D eigenvalue weighted by atomic mass is 32.2. The second kappa shape index (κ2) is 9.13. The Kier molecular flexibility index (Phi) is 6.61. The van der Waals surface area contributed by atoms with Gasteiger partial charge in [0.25, 0.3) is 5.69 Å². The van der Waals surface area contributed by atoms with Crippen molar-refractivity contribution in [2.24, 2.45) is 0 Å². The first-order valence-corrected chi connectivity index (χ1v) is 10.6. The van der Waals surface area contributed by atoms with Gasteiger partial charge >= 0.3 is 0 Å². The molecule has 28 heavy (non-hydrogen) atoms. The lowest BCUT2D eigenvalue weighted by molar-refractivity contribution is -0.385. The molecule has 3 rings (SSSR count). The van der Waals surface area contributed by atoms with Crippen molar-refractivity contribution in [1.29, 1.82) is 0 Å². The topological polar surface area (TPSA) is 102 Å². The molecule has 9 heteroatoms. The minimum absolute atomic E-state index is 0.0664. The minimum Gasteiger partial charge on any atom is -0.384 e. The molecule has 0 aromatic heterocycles. The van der Waals surface area contributed by atoms with E-state index < -0.39 is 14.9 Å². The van der Waals surface area contributed by atoms with E-state index in [1.54, 1.807) is 0 Å². The zero-order chi connectivity index (χ0) is 20.0. The molecule has 2 aromatic rings. The van der Waals surface area contributed by atoms with Crippen molar-refractivity contribution >= 4 is 21.4 Å². The molecular weight excluding hydrogens is 382 g/mol. The molecule has 0 unspecified atom stereocenters. The number of nitrogens with zero attached hydrogens (tertiary/aromatic N) is 2. The first-order chi connectivity index (χ1) is 13.5. The van der Waals surface area contributed by atoms with Gasteiger partial charge in [-0.25, -0.2) is 8.42 Å². The monoisotopic (exact) mass is 405 g/mol. The average molecular weight is 405 g/mol. The van der Waals surface area contributed by atoms with Crippen molar-refractivity contribution in [3.8, 4) is 0 Å². The number of rotatable bonds is 8. The van der Waals surface area contributed by atoms with Gasteiger partial charge in [-0.1, -0.05) is 30.3 Å². The normalized spacial score (nSPS) is 15.3. The van der Waals surface area contributed by atoms with Crippen LogP contribution in [-0.4, -0.2) is 50.5 Å². The van der Waals surface area contributed by atoms with Crippen LogP contribution in [0.5, 0.6) is 0 Å². The molecule has 1 saturated heterocycles. The van der Waals surface area contributed by atoms with Crippen LogP contribution < -0.4 is 5.32 Å². The zero-order valence-corrected chi connectivity index (χ0v) is 16.2. The molecule has 0 bridgehead atoms. The standard InChI is InChI=1S/C19H23N3O5S/c23-22(24)17-8-9-18(20-10-4-7-16-5-2-1-3-6-16)19(15-17)28(25,26)21-11-13-27-14-12-21/h1-3,5-6,8-9,15,20H,4,7,10-14H2. The van der Waals surface area contributed by atoms with Crippen molar-refractivity contribution in [3.63, 3.8) is 0 Å². The highest BCUT2D eigenvalue weighted by Crippen LogP contribution is 2.29. The van der Waals surface area contributed by atoms with Gasteiger partial charge in [-0.3, -0.25) is 10.1 Å². The Morgan fingerprint density at radius 2 is 1.82 bits per heavy atom.